The Hall–Kier alpha value is -2.08. The summed E-state index contributed by atoms with van der Waals surface area (Å²) in [6, 6.07) is 5.21. The molecule has 0 amide bonds. The molecule has 0 saturated heterocycles. The van der Waals surface area contributed by atoms with Gasteiger partial charge in [0.25, 0.3) is 5.95 Å². The van der Waals surface area contributed by atoms with E-state index in [1.165, 1.54) is 9.13 Å². The van der Waals surface area contributed by atoms with Crippen molar-refractivity contribution in [2.75, 3.05) is 0 Å². The van der Waals surface area contributed by atoms with Gasteiger partial charge in [-0.25, -0.2) is 9.36 Å². The number of benzene rings is 1. The molecule has 1 aromatic carbocycles. The fraction of sp³-hybridized carbons (Fsp3) is 0.182. The zero-order valence-electron chi connectivity index (χ0n) is 9.72. The van der Waals surface area contributed by atoms with Crippen molar-refractivity contribution in [1.29, 1.82) is 0 Å². The van der Waals surface area contributed by atoms with E-state index in [1.54, 1.807) is 32.2 Å². The Morgan fingerprint density at radius 2 is 2.11 bits per heavy atom. The first-order valence-corrected chi connectivity index (χ1v) is 5.63. The third-order valence-corrected chi connectivity index (χ3v) is 2.97. The van der Waals surface area contributed by atoms with E-state index in [0.29, 0.717) is 16.4 Å². The van der Waals surface area contributed by atoms with Crippen molar-refractivity contribution in [3.8, 4) is 5.95 Å². The minimum Gasteiger partial charge on any atom is -0.338 e. The molecule has 0 radical (unpaired) electrons. The lowest BCUT2D eigenvalue weighted by Crippen LogP contribution is -2.21. The van der Waals surface area contributed by atoms with Crippen molar-refractivity contribution in [1.82, 2.24) is 19.3 Å². The normalized spacial score (nSPS) is 11.3. The number of hydrogen-bond acceptors (Lipinski definition) is 4. The summed E-state index contributed by atoms with van der Waals surface area (Å²) in [7, 11) is 1.68. The highest BCUT2D eigenvalue weighted by Gasteiger charge is 2.16. The lowest BCUT2D eigenvalue weighted by molar-refractivity contribution is 0.390. The minimum atomic E-state index is -0.243. The van der Waals surface area contributed by atoms with Gasteiger partial charge in [0.2, 0.25) is 5.89 Å². The molecule has 0 atom stereocenters. The molecular weight excluding hydrogens is 256 g/mol. The summed E-state index contributed by atoms with van der Waals surface area (Å²) >= 11 is 5.96. The zero-order chi connectivity index (χ0) is 12.9. The van der Waals surface area contributed by atoms with Crippen LogP contribution in [0.1, 0.15) is 5.89 Å². The van der Waals surface area contributed by atoms with E-state index in [0.717, 1.165) is 5.52 Å². The van der Waals surface area contributed by atoms with Crippen LogP contribution in [0.3, 0.4) is 0 Å². The van der Waals surface area contributed by atoms with Gasteiger partial charge in [-0.05, 0) is 23.4 Å². The molecule has 2 heterocycles. The number of rotatable bonds is 1. The molecule has 92 valence electrons. The molecule has 6 nitrogen and oxygen atoms in total. The molecule has 18 heavy (non-hydrogen) atoms. The van der Waals surface area contributed by atoms with Gasteiger partial charge in [0, 0.05) is 19.0 Å². The van der Waals surface area contributed by atoms with E-state index in [1.807, 2.05) is 0 Å². The first kappa shape index (κ1) is 11.0. The van der Waals surface area contributed by atoms with Crippen molar-refractivity contribution in [2.24, 2.45) is 7.05 Å². The van der Waals surface area contributed by atoms with Crippen molar-refractivity contribution < 1.29 is 4.52 Å². The van der Waals surface area contributed by atoms with Crippen LogP contribution < -0.4 is 5.69 Å². The Morgan fingerprint density at radius 3 is 2.78 bits per heavy atom. The van der Waals surface area contributed by atoms with E-state index < -0.39 is 0 Å². The molecule has 2 aromatic heterocycles. The molecule has 0 aliphatic carbocycles. The van der Waals surface area contributed by atoms with E-state index in [4.69, 9.17) is 16.1 Å². The summed E-state index contributed by atoms with van der Waals surface area (Å²) in [5, 5.41) is 4.30. The van der Waals surface area contributed by atoms with E-state index in [-0.39, 0.29) is 11.6 Å². The molecule has 0 aliphatic heterocycles. The highest BCUT2D eigenvalue weighted by atomic mass is 35.5. The molecule has 0 aliphatic rings. The third kappa shape index (κ3) is 1.46. The SMILES string of the molecule is Cc1nc(-n2c(=O)n(C)c3ccc(Cl)cc32)no1. The molecule has 0 saturated carbocycles. The number of aromatic nitrogens is 4. The largest absolute Gasteiger partial charge is 0.338 e. The maximum absolute atomic E-state index is 12.2. The van der Waals surface area contributed by atoms with Gasteiger partial charge in [0.1, 0.15) is 0 Å². The topological polar surface area (TPSA) is 65.8 Å². The van der Waals surface area contributed by atoms with E-state index in [2.05, 4.69) is 10.1 Å². The van der Waals surface area contributed by atoms with Gasteiger partial charge in [-0.15, -0.1) is 0 Å². The molecule has 0 fully saturated rings. The van der Waals surface area contributed by atoms with Gasteiger partial charge in [-0.2, -0.15) is 4.98 Å². The molecule has 0 bridgehead atoms. The summed E-state index contributed by atoms with van der Waals surface area (Å²) in [5.41, 5.74) is 1.16. The molecular formula is C11H9ClN4O2. The van der Waals surface area contributed by atoms with Crippen LogP contribution in [0.15, 0.2) is 27.5 Å². The fourth-order valence-corrected chi connectivity index (χ4v) is 2.05. The van der Waals surface area contributed by atoms with Gasteiger partial charge in [0.05, 0.1) is 11.0 Å². The monoisotopic (exact) mass is 264 g/mol. The summed E-state index contributed by atoms with van der Waals surface area (Å²) in [5.74, 6) is 0.612. The van der Waals surface area contributed by atoms with Gasteiger partial charge >= 0.3 is 5.69 Å². The van der Waals surface area contributed by atoms with E-state index >= 15 is 0 Å². The maximum Gasteiger partial charge on any atom is 0.335 e. The van der Waals surface area contributed by atoms with Crippen molar-refractivity contribution in [2.45, 2.75) is 6.92 Å². The fourth-order valence-electron chi connectivity index (χ4n) is 1.89. The number of aryl methyl sites for hydroxylation is 2. The zero-order valence-corrected chi connectivity index (χ0v) is 10.5. The van der Waals surface area contributed by atoms with Crippen LogP contribution in [0.25, 0.3) is 17.0 Å². The number of fused-ring (bicyclic) bond motifs is 1. The van der Waals surface area contributed by atoms with Crippen molar-refractivity contribution >= 4 is 22.6 Å². The van der Waals surface area contributed by atoms with Gasteiger partial charge in [-0.1, -0.05) is 11.6 Å². The average Bonchev–Trinajstić information content (AvgIpc) is 2.84. The van der Waals surface area contributed by atoms with Crippen LogP contribution in [0, 0.1) is 6.92 Å². The molecule has 7 heteroatoms. The molecule has 3 rings (SSSR count). The molecule has 0 unspecified atom stereocenters. The van der Waals surface area contributed by atoms with Crippen LogP contribution in [-0.4, -0.2) is 19.3 Å². The molecule has 0 N–H and O–H groups in total. The average molecular weight is 265 g/mol. The highest BCUT2D eigenvalue weighted by Crippen LogP contribution is 2.19. The van der Waals surface area contributed by atoms with Crippen LogP contribution in [0.5, 0.6) is 0 Å². The Balaban J connectivity index is 2.44. The second-order valence-electron chi connectivity index (χ2n) is 3.92. The highest BCUT2D eigenvalue weighted by molar-refractivity contribution is 6.31. The Bertz CT molecular complexity index is 799. The summed E-state index contributed by atoms with van der Waals surface area (Å²) in [6.45, 7) is 1.67. The van der Waals surface area contributed by atoms with E-state index in [9.17, 15) is 4.79 Å². The summed E-state index contributed by atoms with van der Waals surface area (Å²) in [4.78, 5) is 16.2. The summed E-state index contributed by atoms with van der Waals surface area (Å²) < 4.78 is 7.78. The lowest BCUT2D eigenvalue weighted by Gasteiger charge is -1.96. The van der Waals surface area contributed by atoms with Crippen molar-refractivity contribution in [3.63, 3.8) is 0 Å². The van der Waals surface area contributed by atoms with Crippen LogP contribution in [0.2, 0.25) is 5.02 Å². The Morgan fingerprint density at radius 1 is 1.33 bits per heavy atom. The number of nitrogens with zero attached hydrogens (tertiary/aromatic N) is 4. The molecule has 0 spiro atoms. The Kier molecular flexibility index (Phi) is 2.27. The smallest absolute Gasteiger partial charge is 0.335 e. The first-order valence-electron chi connectivity index (χ1n) is 5.25. The second-order valence-corrected chi connectivity index (χ2v) is 4.36. The summed E-state index contributed by atoms with van der Waals surface area (Å²) in [6.07, 6.45) is 0. The quantitative estimate of drug-likeness (QED) is 0.671. The van der Waals surface area contributed by atoms with Crippen molar-refractivity contribution in [3.05, 3.63) is 39.6 Å². The van der Waals surface area contributed by atoms with Gasteiger partial charge < -0.3 is 4.52 Å². The first-order chi connectivity index (χ1) is 8.58. The van der Waals surface area contributed by atoms with Gasteiger partial charge in [0.15, 0.2) is 0 Å². The number of imidazole rings is 1. The van der Waals surface area contributed by atoms with Gasteiger partial charge in [-0.3, -0.25) is 4.57 Å². The molecule has 3 aromatic rings. The Labute approximate surface area is 106 Å². The predicted octanol–water partition coefficient (Wildman–Crippen LogP) is 1.67. The second kappa shape index (κ2) is 3.71. The predicted molar refractivity (Wildman–Crippen MR) is 66.1 cm³/mol. The lowest BCUT2D eigenvalue weighted by atomic mass is 10.3. The van der Waals surface area contributed by atoms with Crippen LogP contribution in [0.4, 0.5) is 0 Å². The van der Waals surface area contributed by atoms with Crippen LogP contribution >= 0.6 is 11.6 Å². The number of halogens is 1. The minimum absolute atomic E-state index is 0.213. The maximum atomic E-state index is 12.2. The standard InChI is InChI=1S/C11H9ClN4O2/c1-6-13-10(14-18-6)16-9-5-7(12)3-4-8(9)15(2)11(16)17/h3-5H,1-2H3. The third-order valence-electron chi connectivity index (χ3n) is 2.73. The van der Waals surface area contributed by atoms with Crippen LogP contribution in [-0.2, 0) is 7.05 Å². The number of hydrogen-bond donors (Lipinski definition) is 0.